The first-order valence-corrected chi connectivity index (χ1v) is 10.0. The Morgan fingerprint density at radius 3 is 2.33 bits per heavy atom. The molecule has 1 N–H and O–H groups in total. The molecule has 1 heterocycles. The van der Waals surface area contributed by atoms with Crippen LogP contribution in [0.1, 0.15) is 16.7 Å². The van der Waals surface area contributed by atoms with Gasteiger partial charge in [-0.25, -0.2) is 8.42 Å². The molecule has 0 radical (unpaired) electrons. The lowest BCUT2D eigenvalue weighted by molar-refractivity contribution is 0.600. The van der Waals surface area contributed by atoms with Gasteiger partial charge in [-0.1, -0.05) is 48.0 Å². The van der Waals surface area contributed by atoms with Crippen LogP contribution < -0.4 is 9.62 Å². The molecule has 0 saturated heterocycles. The van der Waals surface area contributed by atoms with Crippen LogP contribution in [0.5, 0.6) is 0 Å². The molecule has 0 aliphatic heterocycles. The number of anilines is 2. The van der Waals surface area contributed by atoms with E-state index in [2.05, 4.69) is 14.9 Å². The molecule has 0 saturated carbocycles. The Morgan fingerprint density at radius 1 is 0.963 bits per heavy atom. The number of hydrogen-bond donors (Lipinski definition) is 1. The number of nitrogens with one attached hydrogen (secondary N) is 1. The fraction of sp³-hybridized carbons (Fsp3) is 0.200. The summed E-state index contributed by atoms with van der Waals surface area (Å²) in [5, 5.41) is 8.16. The van der Waals surface area contributed by atoms with Crippen molar-refractivity contribution in [1.82, 2.24) is 10.2 Å². The van der Waals surface area contributed by atoms with Crippen LogP contribution in [0.25, 0.3) is 0 Å². The van der Waals surface area contributed by atoms with E-state index < -0.39 is 10.0 Å². The number of aryl methyl sites for hydroxylation is 2. The van der Waals surface area contributed by atoms with Crippen molar-refractivity contribution in [2.75, 3.05) is 16.7 Å². The van der Waals surface area contributed by atoms with Crippen molar-refractivity contribution in [2.45, 2.75) is 25.3 Å². The zero-order valence-corrected chi connectivity index (χ0v) is 16.4. The van der Waals surface area contributed by atoms with Crippen molar-refractivity contribution in [3.8, 4) is 0 Å². The molecular weight excluding hydrogens is 360 g/mol. The minimum absolute atomic E-state index is 0.187. The molecule has 0 aliphatic carbocycles. The first kappa shape index (κ1) is 18.8. The van der Waals surface area contributed by atoms with Gasteiger partial charge < -0.3 is 4.90 Å². The first-order valence-electron chi connectivity index (χ1n) is 8.54. The van der Waals surface area contributed by atoms with Crippen LogP contribution in [0, 0.1) is 13.8 Å². The third kappa shape index (κ3) is 4.62. The van der Waals surface area contributed by atoms with Gasteiger partial charge in [-0.15, -0.1) is 10.2 Å². The van der Waals surface area contributed by atoms with Gasteiger partial charge in [0.25, 0.3) is 10.0 Å². The third-order valence-electron chi connectivity index (χ3n) is 4.16. The van der Waals surface area contributed by atoms with E-state index in [-0.39, 0.29) is 10.7 Å². The van der Waals surface area contributed by atoms with Gasteiger partial charge in [0, 0.05) is 13.6 Å². The molecular formula is C20H22N4O2S. The number of hydrogen-bond acceptors (Lipinski definition) is 5. The molecule has 3 rings (SSSR count). The van der Waals surface area contributed by atoms with Crippen molar-refractivity contribution in [1.29, 1.82) is 0 Å². The molecule has 140 valence electrons. The van der Waals surface area contributed by atoms with Gasteiger partial charge in [0.15, 0.2) is 11.6 Å². The number of aromatic nitrogens is 2. The van der Waals surface area contributed by atoms with Crippen molar-refractivity contribution in [3.63, 3.8) is 0 Å². The van der Waals surface area contributed by atoms with Crippen LogP contribution in [0.3, 0.4) is 0 Å². The second-order valence-corrected chi connectivity index (χ2v) is 8.14. The van der Waals surface area contributed by atoms with Gasteiger partial charge >= 0.3 is 0 Å². The summed E-state index contributed by atoms with van der Waals surface area (Å²) in [4.78, 5) is 2.19. The molecule has 0 amide bonds. The van der Waals surface area contributed by atoms with E-state index in [9.17, 15) is 8.42 Å². The highest BCUT2D eigenvalue weighted by atomic mass is 32.2. The smallest absolute Gasteiger partial charge is 0.263 e. The number of rotatable bonds is 6. The molecule has 0 unspecified atom stereocenters. The maximum Gasteiger partial charge on any atom is 0.263 e. The fourth-order valence-electron chi connectivity index (χ4n) is 2.82. The lowest BCUT2D eigenvalue weighted by Gasteiger charge is -2.18. The van der Waals surface area contributed by atoms with Gasteiger partial charge in [-0.3, -0.25) is 4.72 Å². The minimum atomic E-state index is -3.71. The predicted molar refractivity (Wildman–Crippen MR) is 107 cm³/mol. The van der Waals surface area contributed by atoms with E-state index in [4.69, 9.17) is 0 Å². The van der Waals surface area contributed by atoms with Gasteiger partial charge in [-0.2, -0.15) is 0 Å². The average molecular weight is 382 g/mol. The van der Waals surface area contributed by atoms with E-state index in [1.165, 1.54) is 0 Å². The number of nitrogens with zero attached hydrogens (tertiary/aromatic N) is 3. The lowest BCUT2D eigenvalue weighted by Crippen LogP contribution is -2.19. The Balaban J connectivity index is 1.73. The van der Waals surface area contributed by atoms with Gasteiger partial charge in [0.2, 0.25) is 0 Å². The summed E-state index contributed by atoms with van der Waals surface area (Å²) in [6.07, 6.45) is 0. The van der Waals surface area contributed by atoms with E-state index in [0.29, 0.717) is 17.9 Å². The van der Waals surface area contributed by atoms with Crippen LogP contribution in [0.2, 0.25) is 0 Å². The largest absolute Gasteiger partial charge is 0.354 e. The standard InChI is InChI=1S/C20H22N4O2S/c1-15-9-10-18(16(2)13-15)27(25,26)23-19-11-12-20(22-21-19)24(3)14-17-7-5-4-6-8-17/h4-13H,14H2,1-3H3,(H,21,23). The minimum Gasteiger partial charge on any atom is -0.354 e. The summed E-state index contributed by atoms with van der Waals surface area (Å²) in [5.74, 6) is 0.847. The Labute approximate surface area is 159 Å². The van der Waals surface area contributed by atoms with Gasteiger partial charge in [-0.05, 0) is 43.2 Å². The summed E-state index contributed by atoms with van der Waals surface area (Å²) in [7, 11) is -1.80. The summed E-state index contributed by atoms with van der Waals surface area (Å²) in [5.41, 5.74) is 2.85. The zero-order chi connectivity index (χ0) is 19.4. The molecule has 0 atom stereocenters. The first-order chi connectivity index (χ1) is 12.8. The number of sulfonamides is 1. The zero-order valence-electron chi connectivity index (χ0n) is 15.5. The predicted octanol–water partition coefficient (Wildman–Crippen LogP) is 3.53. The van der Waals surface area contributed by atoms with E-state index >= 15 is 0 Å². The molecule has 0 bridgehead atoms. The van der Waals surface area contributed by atoms with Crippen LogP contribution >= 0.6 is 0 Å². The highest BCUT2D eigenvalue weighted by Crippen LogP contribution is 2.20. The second kappa shape index (κ2) is 7.75. The highest BCUT2D eigenvalue weighted by molar-refractivity contribution is 7.92. The van der Waals surface area contributed by atoms with Gasteiger partial charge in [0.05, 0.1) is 4.90 Å². The fourth-order valence-corrected chi connectivity index (χ4v) is 4.04. The van der Waals surface area contributed by atoms with Crippen molar-refractivity contribution in [2.24, 2.45) is 0 Å². The molecule has 27 heavy (non-hydrogen) atoms. The third-order valence-corrected chi connectivity index (χ3v) is 5.68. The quantitative estimate of drug-likeness (QED) is 0.706. The summed E-state index contributed by atoms with van der Waals surface area (Å²) >= 11 is 0. The Kier molecular flexibility index (Phi) is 5.41. The van der Waals surface area contributed by atoms with Crippen LogP contribution in [-0.2, 0) is 16.6 Å². The SMILES string of the molecule is Cc1ccc(S(=O)(=O)Nc2ccc(N(C)Cc3ccccc3)nn2)c(C)c1. The monoisotopic (exact) mass is 382 g/mol. The van der Waals surface area contributed by atoms with Crippen molar-refractivity contribution >= 4 is 21.7 Å². The van der Waals surface area contributed by atoms with Crippen LogP contribution in [-0.4, -0.2) is 25.7 Å². The maximum absolute atomic E-state index is 12.6. The molecule has 7 heteroatoms. The molecule has 3 aromatic rings. The summed E-state index contributed by atoms with van der Waals surface area (Å²) < 4.78 is 27.7. The molecule has 0 aliphatic rings. The highest BCUT2D eigenvalue weighted by Gasteiger charge is 2.18. The normalized spacial score (nSPS) is 11.2. The van der Waals surface area contributed by atoms with Crippen molar-refractivity contribution < 1.29 is 8.42 Å². The summed E-state index contributed by atoms with van der Waals surface area (Å²) in [6.45, 7) is 4.38. The maximum atomic E-state index is 12.6. The van der Waals surface area contributed by atoms with Gasteiger partial charge in [0.1, 0.15) is 0 Å². The molecule has 2 aromatic carbocycles. The Morgan fingerprint density at radius 2 is 1.70 bits per heavy atom. The molecule has 0 fully saturated rings. The van der Waals surface area contributed by atoms with E-state index in [1.54, 1.807) is 31.2 Å². The van der Waals surface area contributed by atoms with Crippen LogP contribution in [0.4, 0.5) is 11.6 Å². The second-order valence-electron chi connectivity index (χ2n) is 6.49. The Hall–Kier alpha value is -2.93. The Bertz CT molecular complexity index is 1020. The topological polar surface area (TPSA) is 75.2 Å². The lowest BCUT2D eigenvalue weighted by atomic mass is 10.2. The van der Waals surface area contributed by atoms with Crippen LogP contribution in [0.15, 0.2) is 65.6 Å². The average Bonchev–Trinajstić information content (AvgIpc) is 2.62. The summed E-state index contributed by atoms with van der Waals surface area (Å²) in [6, 6.07) is 18.6. The number of benzene rings is 2. The van der Waals surface area contributed by atoms with E-state index in [0.717, 1.165) is 11.1 Å². The molecule has 0 spiro atoms. The van der Waals surface area contributed by atoms with E-state index in [1.807, 2.05) is 55.3 Å². The molecule has 6 nitrogen and oxygen atoms in total. The molecule has 1 aromatic heterocycles. The van der Waals surface area contributed by atoms with Crippen molar-refractivity contribution in [3.05, 3.63) is 77.4 Å².